The maximum absolute atomic E-state index is 12.1. The van der Waals surface area contributed by atoms with Crippen LogP contribution in [0.2, 0.25) is 0 Å². The molecule has 18 heavy (non-hydrogen) atoms. The van der Waals surface area contributed by atoms with Crippen LogP contribution in [0.5, 0.6) is 11.5 Å². The first-order valence-corrected chi connectivity index (χ1v) is 6.98. The van der Waals surface area contributed by atoms with Crippen LogP contribution in [0.3, 0.4) is 0 Å². The van der Waals surface area contributed by atoms with E-state index in [0.29, 0.717) is 22.0 Å². The SMILES string of the molecule is COc1ccc(SCl)c2c1C(=O)CC(CC=O)O2. The van der Waals surface area contributed by atoms with E-state index in [4.69, 9.17) is 20.2 Å². The molecule has 2 rings (SSSR count). The smallest absolute Gasteiger partial charge is 0.174 e. The van der Waals surface area contributed by atoms with Crippen molar-refractivity contribution in [2.45, 2.75) is 23.8 Å². The molecule has 0 saturated carbocycles. The third kappa shape index (κ3) is 2.33. The van der Waals surface area contributed by atoms with Crippen molar-refractivity contribution in [3.8, 4) is 11.5 Å². The number of halogens is 1. The number of Topliss-reactive ketones (excluding diaryl/α,β-unsaturated/α-hetero) is 1. The van der Waals surface area contributed by atoms with Gasteiger partial charge in [-0.25, -0.2) is 0 Å². The first-order chi connectivity index (χ1) is 8.71. The van der Waals surface area contributed by atoms with Gasteiger partial charge in [0.25, 0.3) is 0 Å². The number of fused-ring (bicyclic) bond motifs is 1. The lowest BCUT2D eigenvalue weighted by molar-refractivity contribution is -0.109. The van der Waals surface area contributed by atoms with Crippen molar-refractivity contribution in [2.75, 3.05) is 7.11 Å². The van der Waals surface area contributed by atoms with Gasteiger partial charge in [-0.15, -0.1) is 0 Å². The molecule has 6 heteroatoms. The maximum atomic E-state index is 12.1. The van der Waals surface area contributed by atoms with Gasteiger partial charge in [0.2, 0.25) is 0 Å². The molecule has 0 saturated heterocycles. The summed E-state index contributed by atoms with van der Waals surface area (Å²) in [7, 11) is 8.22. The normalized spacial score (nSPS) is 17.9. The fourth-order valence-corrected chi connectivity index (χ4v) is 2.62. The molecule has 1 aromatic carbocycles. The van der Waals surface area contributed by atoms with Crippen LogP contribution in [0.1, 0.15) is 23.2 Å². The van der Waals surface area contributed by atoms with Crippen molar-refractivity contribution in [1.82, 2.24) is 0 Å². The van der Waals surface area contributed by atoms with Gasteiger partial charge in [-0.05, 0) is 33.8 Å². The average molecular weight is 287 g/mol. The van der Waals surface area contributed by atoms with Gasteiger partial charge in [0, 0.05) is 12.8 Å². The number of carbonyl (C=O) groups excluding carboxylic acids is 2. The summed E-state index contributed by atoms with van der Waals surface area (Å²) in [5.74, 6) is 0.791. The molecule has 1 aliphatic rings. The highest BCUT2D eigenvalue weighted by Gasteiger charge is 2.31. The monoisotopic (exact) mass is 286 g/mol. The Bertz CT molecular complexity index is 489. The van der Waals surface area contributed by atoms with E-state index < -0.39 is 6.10 Å². The van der Waals surface area contributed by atoms with E-state index in [-0.39, 0.29) is 18.6 Å². The van der Waals surface area contributed by atoms with Crippen LogP contribution in [0.25, 0.3) is 0 Å². The van der Waals surface area contributed by atoms with E-state index in [2.05, 4.69) is 0 Å². The van der Waals surface area contributed by atoms with Gasteiger partial charge in [0.1, 0.15) is 29.5 Å². The summed E-state index contributed by atoms with van der Waals surface area (Å²) < 4.78 is 10.8. The lowest BCUT2D eigenvalue weighted by Gasteiger charge is -2.26. The van der Waals surface area contributed by atoms with Gasteiger partial charge < -0.3 is 14.3 Å². The highest BCUT2D eigenvalue weighted by Crippen LogP contribution is 2.43. The van der Waals surface area contributed by atoms with Gasteiger partial charge in [-0.3, -0.25) is 4.79 Å². The molecule has 1 atom stereocenters. The zero-order valence-corrected chi connectivity index (χ0v) is 11.2. The van der Waals surface area contributed by atoms with E-state index in [1.807, 2.05) is 0 Å². The third-order valence-electron chi connectivity index (χ3n) is 2.72. The molecular formula is C12H11ClO4S. The molecule has 0 fully saturated rings. The highest BCUT2D eigenvalue weighted by atomic mass is 35.7. The number of ketones is 1. The Labute approximate surface area is 113 Å². The minimum Gasteiger partial charge on any atom is -0.496 e. The van der Waals surface area contributed by atoms with Crippen molar-refractivity contribution in [2.24, 2.45) is 0 Å². The van der Waals surface area contributed by atoms with Crippen molar-refractivity contribution in [3.05, 3.63) is 17.7 Å². The molecule has 0 radical (unpaired) electrons. The minimum atomic E-state index is -0.419. The molecular weight excluding hydrogens is 276 g/mol. The summed E-state index contributed by atoms with van der Waals surface area (Å²) in [6.45, 7) is 0. The lowest BCUT2D eigenvalue weighted by Crippen LogP contribution is -2.28. The van der Waals surface area contributed by atoms with Crippen LogP contribution in [0, 0.1) is 0 Å². The molecule has 0 aliphatic carbocycles. The summed E-state index contributed by atoms with van der Waals surface area (Å²) in [6.07, 6.45) is 0.696. The Balaban J connectivity index is 2.49. The summed E-state index contributed by atoms with van der Waals surface area (Å²) in [6, 6.07) is 3.41. The van der Waals surface area contributed by atoms with E-state index in [1.165, 1.54) is 7.11 Å². The zero-order chi connectivity index (χ0) is 13.1. The molecule has 1 heterocycles. The molecule has 0 spiro atoms. The Morgan fingerprint density at radius 2 is 2.39 bits per heavy atom. The van der Waals surface area contributed by atoms with Gasteiger partial charge in [-0.2, -0.15) is 0 Å². The Hall–Kier alpha value is -1.20. The molecule has 96 valence electrons. The summed E-state index contributed by atoms with van der Waals surface area (Å²) in [4.78, 5) is 23.3. The standard InChI is InChI=1S/C12H11ClO4S/c1-16-9-2-3-10(18-13)12-11(9)8(15)6-7(17-12)4-5-14/h2-3,5,7H,4,6H2,1H3. The molecule has 0 N–H and O–H groups in total. The Kier molecular flexibility index (Phi) is 4.14. The molecule has 0 amide bonds. The van der Waals surface area contributed by atoms with Crippen molar-refractivity contribution in [3.63, 3.8) is 0 Å². The highest BCUT2D eigenvalue weighted by molar-refractivity contribution is 8.21. The number of benzene rings is 1. The van der Waals surface area contributed by atoms with E-state index in [0.717, 1.165) is 17.3 Å². The van der Waals surface area contributed by atoms with Crippen LogP contribution >= 0.6 is 21.7 Å². The van der Waals surface area contributed by atoms with Gasteiger partial charge in [-0.1, -0.05) is 0 Å². The van der Waals surface area contributed by atoms with Gasteiger partial charge >= 0.3 is 0 Å². The molecule has 1 unspecified atom stereocenters. The zero-order valence-electron chi connectivity index (χ0n) is 9.64. The van der Waals surface area contributed by atoms with Crippen LogP contribution in [0.15, 0.2) is 17.0 Å². The molecule has 1 aromatic rings. The van der Waals surface area contributed by atoms with Gasteiger partial charge in [0.15, 0.2) is 5.78 Å². The third-order valence-corrected chi connectivity index (χ3v) is 3.71. The number of hydrogen-bond acceptors (Lipinski definition) is 5. The molecule has 1 aliphatic heterocycles. The van der Waals surface area contributed by atoms with E-state index >= 15 is 0 Å². The number of rotatable bonds is 4. The second-order valence-electron chi connectivity index (χ2n) is 3.82. The first-order valence-electron chi connectivity index (χ1n) is 5.34. The minimum absolute atomic E-state index is 0.0903. The van der Waals surface area contributed by atoms with E-state index in [9.17, 15) is 9.59 Å². The largest absolute Gasteiger partial charge is 0.496 e. The number of hydrogen-bond donors (Lipinski definition) is 0. The topological polar surface area (TPSA) is 52.6 Å². The summed E-state index contributed by atoms with van der Waals surface area (Å²) in [5, 5.41) is 0. The summed E-state index contributed by atoms with van der Waals surface area (Å²) in [5.41, 5.74) is 0.408. The fraction of sp³-hybridized carbons (Fsp3) is 0.333. The second-order valence-corrected chi connectivity index (χ2v) is 4.87. The maximum Gasteiger partial charge on any atom is 0.174 e. The fourth-order valence-electron chi connectivity index (χ4n) is 1.91. The first kappa shape index (κ1) is 13.2. The van der Waals surface area contributed by atoms with Crippen LogP contribution in [-0.2, 0) is 4.79 Å². The number of carbonyl (C=O) groups is 2. The number of aldehydes is 1. The van der Waals surface area contributed by atoms with Crippen LogP contribution < -0.4 is 9.47 Å². The lowest BCUT2D eigenvalue weighted by atomic mass is 9.98. The molecule has 4 nitrogen and oxygen atoms in total. The van der Waals surface area contributed by atoms with Crippen LogP contribution in [-0.4, -0.2) is 25.3 Å². The molecule has 0 bridgehead atoms. The Morgan fingerprint density at radius 3 is 3.00 bits per heavy atom. The molecule has 0 aromatic heterocycles. The predicted molar refractivity (Wildman–Crippen MR) is 68.7 cm³/mol. The van der Waals surface area contributed by atoms with Crippen molar-refractivity contribution in [1.29, 1.82) is 0 Å². The summed E-state index contributed by atoms with van der Waals surface area (Å²) >= 11 is 0. The number of ether oxygens (including phenoxy) is 2. The average Bonchev–Trinajstić information content (AvgIpc) is 2.37. The van der Waals surface area contributed by atoms with E-state index in [1.54, 1.807) is 12.1 Å². The van der Waals surface area contributed by atoms with Crippen molar-refractivity contribution >= 4 is 33.7 Å². The predicted octanol–water partition coefficient (Wildman–Crippen LogP) is 2.86. The quantitative estimate of drug-likeness (QED) is 0.797. The Morgan fingerprint density at radius 1 is 1.61 bits per heavy atom. The van der Waals surface area contributed by atoms with Crippen LogP contribution in [0.4, 0.5) is 0 Å². The second kappa shape index (κ2) is 5.63. The van der Waals surface area contributed by atoms with Crippen molar-refractivity contribution < 1.29 is 19.1 Å². The van der Waals surface area contributed by atoms with Gasteiger partial charge in [0.05, 0.1) is 12.0 Å². The number of methoxy groups -OCH3 is 1.